The number of rotatable bonds is 2. The summed E-state index contributed by atoms with van der Waals surface area (Å²) in [4.78, 5) is 33.2. The smallest absolute Gasteiger partial charge is 0.322 e. The van der Waals surface area contributed by atoms with E-state index < -0.39 is 0 Å². The zero-order valence-corrected chi connectivity index (χ0v) is 15.9. The van der Waals surface area contributed by atoms with Crippen molar-refractivity contribution in [2.75, 3.05) is 31.5 Å². The van der Waals surface area contributed by atoms with Crippen LogP contribution >= 0.6 is 0 Å². The third kappa shape index (κ3) is 3.43. The molecule has 1 aliphatic rings. The lowest BCUT2D eigenvalue weighted by molar-refractivity contribution is 0.0670. The molecule has 0 aliphatic carbocycles. The molecule has 3 amide bonds. The van der Waals surface area contributed by atoms with E-state index in [0.29, 0.717) is 43.2 Å². The molecule has 0 atom stereocenters. The molecule has 7 heteroatoms. The second-order valence-corrected chi connectivity index (χ2v) is 6.92. The maximum Gasteiger partial charge on any atom is 0.322 e. The molecule has 1 aromatic carbocycles. The predicted octanol–water partition coefficient (Wildman–Crippen LogP) is 3.43. The summed E-state index contributed by atoms with van der Waals surface area (Å²) in [5, 5.41) is 3.92. The average Bonchev–Trinajstić information content (AvgIpc) is 3.06. The van der Waals surface area contributed by atoms with Crippen LogP contribution in [0.5, 0.6) is 0 Å². The summed E-state index contributed by atoms with van der Waals surface area (Å²) in [6, 6.07) is 11.1. The van der Waals surface area contributed by atoms with E-state index in [2.05, 4.69) is 10.3 Å². The molecule has 28 heavy (non-hydrogen) atoms. The summed E-state index contributed by atoms with van der Waals surface area (Å²) in [5.41, 5.74) is 2.04. The second kappa shape index (κ2) is 7.34. The fourth-order valence-electron chi connectivity index (χ4n) is 3.53. The Bertz CT molecular complexity index is 1030. The Labute approximate surface area is 162 Å². The van der Waals surface area contributed by atoms with Crippen LogP contribution < -0.4 is 5.32 Å². The molecule has 0 saturated carbocycles. The maximum atomic E-state index is 12.7. The third-order valence-corrected chi connectivity index (χ3v) is 5.00. The van der Waals surface area contributed by atoms with Crippen LogP contribution in [0.4, 0.5) is 10.5 Å². The highest BCUT2D eigenvalue weighted by Gasteiger charge is 2.27. The van der Waals surface area contributed by atoms with E-state index in [-0.39, 0.29) is 11.9 Å². The van der Waals surface area contributed by atoms with Crippen molar-refractivity contribution >= 4 is 28.5 Å². The lowest BCUT2D eigenvalue weighted by atomic mass is 10.2. The summed E-state index contributed by atoms with van der Waals surface area (Å²) in [6.45, 7) is 5.56. The molecule has 2 aromatic heterocycles. The SMILES string of the molecule is Cc1cc(C(=O)N2CCN(C(=O)Nc3cccc4cccnc34)CC2)c(C)o1. The maximum absolute atomic E-state index is 12.7. The van der Waals surface area contributed by atoms with Gasteiger partial charge in [0.15, 0.2) is 0 Å². The van der Waals surface area contributed by atoms with Crippen LogP contribution in [0.3, 0.4) is 0 Å². The molecule has 3 heterocycles. The molecule has 1 fully saturated rings. The average molecular weight is 378 g/mol. The Morgan fingerprint density at radius 2 is 1.75 bits per heavy atom. The molecule has 7 nitrogen and oxygen atoms in total. The normalized spacial score (nSPS) is 14.4. The number of amides is 3. The monoisotopic (exact) mass is 378 g/mol. The molecule has 144 valence electrons. The van der Waals surface area contributed by atoms with Crippen LogP contribution in [0.25, 0.3) is 10.9 Å². The van der Waals surface area contributed by atoms with Crippen LogP contribution in [0, 0.1) is 13.8 Å². The van der Waals surface area contributed by atoms with Gasteiger partial charge in [-0.05, 0) is 32.0 Å². The molecule has 4 rings (SSSR count). The second-order valence-electron chi connectivity index (χ2n) is 6.92. The number of benzene rings is 1. The minimum Gasteiger partial charge on any atom is -0.466 e. The van der Waals surface area contributed by atoms with Crippen molar-refractivity contribution in [3.63, 3.8) is 0 Å². The van der Waals surface area contributed by atoms with E-state index in [4.69, 9.17) is 4.42 Å². The number of aromatic nitrogens is 1. The number of urea groups is 1. The number of hydrogen-bond donors (Lipinski definition) is 1. The Morgan fingerprint density at radius 1 is 1.04 bits per heavy atom. The molecule has 1 aliphatic heterocycles. The van der Waals surface area contributed by atoms with Gasteiger partial charge in [-0.1, -0.05) is 18.2 Å². The van der Waals surface area contributed by atoms with Crippen LogP contribution in [0.15, 0.2) is 47.0 Å². The molecule has 1 N–H and O–H groups in total. The van der Waals surface area contributed by atoms with Gasteiger partial charge >= 0.3 is 6.03 Å². The summed E-state index contributed by atoms with van der Waals surface area (Å²) < 4.78 is 5.46. The minimum absolute atomic E-state index is 0.0485. The van der Waals surface area contributed by atoms with Gasteiger partial charge in [-0.15, -0.1) is 0 Å². The summed E-state index contributed by atoms with van der Waals surface area (Å²) in [5.74, 6) is 1.31. The number of furan rings is 1. The molecule has 0 bridgehead atoms. The molecular formula is C21H22N4O3. The van der Waals surface area contributed by atoms with Crippen LogP contribution in [0.1, 0.15) is 21.9 Å². The summed E-state index contributed by atoms with van der Waals surface area (Å²) >= 11 is 0. The van der Waals surface area contributed by atoms with E-state index in [9.17, 15) is 9.59 Å². The van der Waals surface area contributed by atoms with Gasteiger partial charge in [0.1, 0.15) is 11.5 Å². The van der Waals surface area contributed by atoms with Gasteiger partial charge in [0.2, 0.25) is 0 Å². The van der Waals surface area contributed by atoms with Gasteiger partial charge in [-0.25, -0.2) is 4.79 Å². The number of piperazine rings is 1. The van der Waals surface area contributed by atoms with Gasteiger partial charge in [-0.3, -0.25) is 9.78 Å². The number of aryl methyl sites for hydroxylation is 2. The van der Waals surface area contributed by atoms with Crippen LogP contribution in [-0.4, -0.2) is 52.9 Å². The zero-order chi connectivity index (χ0) is 19.7. The van der Waals surface area contributed by atoms with Crippen molar-refractivity contribution < 1.29 is 14.0 Å². The first-order valence-electron chi connectivity index (χ1n) is 9.29. The fourth-order valence-corrected chi connectivity index (χ4v) is 3.53. The lowest BCUT2D eigenvalue weighted by Crippen LogP contribution is -2.51. The number of anilines is 1. The van der Waals surface area contributed by atoms with Gasteiger partial charge in [0.25, 0.3) is 5.91 Å². The van der Waals surface area contributed by atoms with Crippen molar-refractivity contribution in [3.05, 3.63) is 59.7 Å². The number of fused-ring (bicyclic) bond motifs is 1. The molecule has 0 radical (unpaired) electrons. The number of nitrogens with one attached hydrogen (secondary N) is 1. The van der Waals surface area contributed by atoms with Crippen molar-refractivity contribution in [2.45, 2.75) is 13.8 Å². The fraction of sp³-hybridized carbons (Fsp3) is 0.286. The van der Waals surface area contributed by atoms with Crippen LogP contribution in [0.2, 0.25) is 0 Å². The number of hydrogen-bond acceptors (Lipinski definition) is 4. The highest BCUT2D eigenvalue weighted by Crippen LogP contribution is 2.21. The number of carbonyl (C=O) groups excluding carboxylic acids is 2. The molecule has 0 unspecified atom stereocenters. The van der Waals surface area contributed by atoms with E-state index >= 15 is 0 Å². The highest BCUT2D eigenvalue weighted by atomic mass is 16.3. The topological polar surface area (TPSA) is 78.7 Å². The highest BCUT2D eigenvalue weighted by molar-refractivity contribution is 6.00. The zero-order valence-electron chi connectivity index (χ0n) is 15.9. The minimum atomic E-state index is -0.180. The first-order valence-corrected chi connectivity index (χ1v) is 9.29. The quantitative estimate of drug-likeness (QED) is 0.741. The largest absolute Gasteiger partial charge is 0.466 e. The van der Waals surface area contributed by atoms with Crippen molar-refractivity contribution in [3.8, 4) is 0 Å². The standard InChI is InChI=1S/C21H22N4O3/c1-14-13-17(15(2)28-14)20(26)24-9-11-25(12-10-24)21(27)23-18-7-3-5-16-6-4-8-22-19(16)18/h3-8,13H,9-12H2,1-2H3,(H,23,27). The first-order chi connectivity index (χ1) is 13.5. The van der Waals surface area contributed by atoms with Crippen molar-refractivity contribution in [2.24, 2.45) is 0 Å². The predicted molar refractivity (Wildman–Crippen MR) is 106 cm³/mol. The van der Waals surface area contributed by atoms with Gasteiger partial charge in [0.05, 0.1) is 16.8 Å². The van der Waals surface area contributed by atoms with E-state index in [1.54, 1.807) is 29.0 Å². The number of pyridine rings is 1. The Morgan fingerprint density at radius 3 is 2.46 bits per heavy atom. The third-order valence-electron chi connectivity index (χ3n) is 5.00. The number of para-hydroxylation sites is 1. The number of carbonyl (C=O) groups is 2. The van der Waals surface area contributed by atoms with Crippen LogP contribution in [-0.2, 0) is 0 Å². The van der Waals surface area contributed by atoms with Gasteiger partial charge in [-0.2, -0.15) is 0 Å². The van der Waals surface area contributed by atoms with Gasteiger partial charge < -0.3 is 19.5 Å². The Hall–Kier alpha value is -3.35. The molecule has 3 aromatic rings. The summed E-state index contributed by atoms with van der Waals surface area (Å²) in [6.07, 6.45) is 1.71. The molecule has 1 saturated heterocycles. The molecule has 0 spiro atoms. The first kappa shape index (κ1) is 18.0. The lowest BCUT2D eigenvalue weighted by Gasteiger charge is -2.34. The Kier molecular flexibility index (Phi) is 4.73. The molecular weight excluding hydrogens is 356 g/mol. The summed E-state index contributed by atoms with van der Waals surface area (Å²) in [7, 11) is 0. The Balaban J connectivity index is 1.40. The van der Waals surface area contributed by atoms with Crippen molar-refractivity contribution in [1.29, 1.82) is 0 Å². The van der Waals surface area contributed by atoms with Gasteiger partial charge in [0, 0.05) is 37.8 Å². The van der Waals surface area contributed by atoms with Crippen molar-refractivity contribution in [1.82, 2.24) is 14.8 Å². The van der Waals surface area contributed by atoms with E-state index in [1.807, 2.05) is 37.3 Å². The van der Waals surface area contributed by atoms with E-state index in [1.165, 1.54) is 0 Å². The van der Waals surface area contributed by atoms with E-state index in [0.717, 1.165) is 16.7 Å². The number of nitrogens with zero attached hydrogens (tertiary/aromatic N) is 3.